The summed E-state index contributed by atoms with van der Waals surface area (Å²) in [6.45, 7) is 4.40. The maximum atomic E-state index is 10.7. The summed E-state index contributed by atoms with van der Waals surface area (Å²) in [6, 6.07) is 0. The first-order valence-corrected chi connectivity index (χ1v) is 3.09. The summed E-state index contributed by atoms with van der Waals surface area (Å²) >= 11 is 0. The highest BCUT2D eigenvalue weighted by atomic mass is 16.5. The van der Waals surface area contributed by atoms with Crippen LogP contribution in [0.25, 0.3) is 0 Å². The number of ether oxygens (including phenoxy) is 1. The van der Waals surface area contributed by atoms with Crippen molar-refractivity contribution in [1.29, 1.82) is 0 Å². The van der Waals surface area contributed by atoms with Crippen molar-refractivity contribution in [2.24, 2.45) is 5.92 Å². The van der Waals surface area contributed by atoms with Gasteiger partial charge in [0.2, 0.25) is 0 Å². The van der Waals surface area contributed by atoms with Gasteiger partial charge in [-0.05, 0) is 6.92 Å². The number of cyclic esters (lactones) is 1. The second kappa shape index (κ2) is 2.21. The molecule has 1 heterocycles. The van der Waals surface area contributed by atoms with E-state index in [0.717, 1.165) is 5.57 Å². The van der Waals surface area contributed by atoms with Crippen molar-refractivity contribution in [3.8, 4) is 0 Å². The Balaban J connectivity index is 2.78. The summed E-state index contributed by atoms with van der Waals surface area (Å²) in [5.74, 6) is 0.146. The topological polar surface area (TPSA) is 26.3 Å². The quantitative estimate of drug-likeness (QED) is 0.359. The van der Waals surface area contributed by atoms with Gasteiger partial charge in [-0.15, -0.1) is 0 Å². The van der Waals surface area contributed by atoms with Crippen molar-refractivity contribution in [2.45, 2.75) is 13.8 Å². The molecule has 1 saturated heterocycles. The molecule has 0 saturated carbocycles. The lowest BCUT2D eigenvalue weighted by atomic mass is 10.1. The molecule has 0 aliphatic carbocycles. The third-order valence-corrected chi connectivity index (χ3v) is 1.54. The molecule has 9 heavy (non-hydrogen) atoms. The van der Waals surface area contributed by atoms with Crippen molar-refractivity contribution in [1.82, 2.24) is 0 Å². The molecule has 1 rings (SSSR count). The van der Waals surface area contributed by atoms with Crippen molar-refractivity contribution >= 4 is 5.97 Å². The van der Waals surface area contributed by atoms with Crippen molar-refractivity contribution in [2.75, 3.05) is 6.61 Å². The van der Waals surface area contributed by atoms with Gasteiger partial charge in [0.25, 0.3) is 0 Å². The highest BCUT2D eigenvalue weighted by Crippen LogP contribution is 2.19. The summed E-state index contributed by atoms with van der Waals surface area (Å²) < 4.78 is 4.76. The Morgan fingerprint density at radius 2 is 2.44 bits per heavy atom. The van der Waals surface area contributed by atoms with E-state index in [1.54, 1.807) is 0 Å². The maximum absolute atomic E-state index is 10.7. The molecule has 0 bridgehead atoms. The molecule has 0 amide bonds. The van der Waals surface area contributed by atoms with E-state index in [-0.39, 0.29) is 5.97 Å². The van der Waals surface area contributed by atoms with Gasteiger partial charge in [-0.3, -0.25) is 0 Å². The lowest BCUT2D eigenvalue weighted by molar-refractivity contribution is -0.135. The van der Waals surface area contributed by atoms with Crippen LogP contribution in [0.15, 0.2) is 11.6 Å². The van der Waals surface area contributed by atoms with Gasteiger partial charge in [-0.25, -0.2) is 4.79 Å². The number of esters is 1. The molecular formula is C7H10O2. The summed E-state index contributed by atoms with van der Waals surface area (Å²) in [5, 5.41) is 0. The van der Waals surface area contributed by atoms with E-state index in [9.17, 15) is 4.79 Å². The minimum Gasteiger partial charge on any atom is -0.462 e. The molecule has 1 aliphatic rings. The smallest absolute Gasteiger partial charge is 0.334 e. The number of rotatable bonds is 0. The Kier molecular flexibility index (Phi) is 1.56. The maximum Gasteiger partial charge on any atom is 0.334 e. The third kappa shape index (κ3) is 0.969. The lowest BCUT2D eigenvalue weighted by Gasteiger charge is -1.93. The third-order valence-electron chi connectivity index (χ3n) is 1.54. The number of hydrogen-bond donors (Lipinski definition) is 0. The van der Waals surface area contributed by atoms with Crippen molar-refractivity contribution in [3.63, 3.8) is 0 Å². The van der Waals surface area contributed by atoms with Gasteiger partial charge in [0.05, 0.1) is 6.61 Å². The van der Waals surface area contributed by atoms with Crippen LogP contribution in [-0.2, 0) is 9.53 Å². The van der Waals surface area contributed by atoms with Gasteiger partial charge in [0.15, 0.2) is 0 Å². The second-order valence-electron chi connectivity index (χ2n) is 2.24. The fraction of sp³-hybridized carbons (Fsp3) is 0.571. The van der Waals surface area contributed by atoms with E-state index in [1.165, 1.54) is 0 Å². The fourth-order valence-electron chi connectivity index (χ4n) is 0.977. The number of allylic oxidation sites excluding steroid dienone is 1. The molecule has 1 aliphatic heterocycles. The van der Waals surface area contributed by atoms with E-state index in [4.69, 9.17) is 4.74 Å². The van der Waals surface area contributed by atoms with Crippen LogP contribution >= 0.6 is 0 Å². The Bertz CT molecular complexity index is 158. The largest absolute Gasteiger partial charge is 0.462 e. The van der Waals surface area contributed by atoms with Gasteiger partial charge in [-0.2, -0.15) is 0 Å². The molecule has 0 radical (unpaired) electrons. The highest BCUT2D eigenvalue weighted by molar-refractivity contribution is 5.90. The minimum atomic E-state index is -0.148. The van der Waals surface area contributed by atoms with Crippen molar-refractivity contribution < 1.29 is 9.53 Å². The molecule has 2 heteroatoms. The summed E-state index contributed by atoms with van der Waals surface area (Å²) in [7, 11) is 0. The lowest BCUT2D eigenvalue weighted by Crippen LogP contribution is -1.97. The first kappa shape index (κ1) is 6.33. The van der Waals surface area contributed by atoms with Gasteiger partial charge < -0.3 is 4.74 Å². The predicted molar refractivity (Wildman–Crippen MR) is 33.9 cm³/mol. The summed E-state index contributed by atoms with van der Waals surface area (Å²) in [6.07, 6.45) is 1.82. The van der Waals surface area contributed by atoms with Gasteiger partial charge >= 0.3 is 5.97 Å². The molecule has 1 atom stereocenters. The average molecular weight is 126 g/mol. The zero-order valence-electron chi connectivity index (χ0n) is 5.68. The zero-order chi connectivity index (χ0) is 6.85. The molecule has 0 unspecified atom stereocenters. The number of carbonyl (C=O) groups excluding carboxylic acids is 1. The van der Waals surface area contributed by atoms with Crippen LogP contribution < -0.4 is 0 Å². The normalized spacial score (nSPS) is 31.1. The fourth-order valence-corrected chi connectivity index (χ4v) is 0.977. The zero-order valence-corrected chi connectivity index (χ0v) is 5.68. The van der Waals surface area contributed by atoms with Crippen LogP contribution in [0.3, 0.4) is 0 Å². The summed E-state index contributed by atoms with van der Waals surface area (Å²) in [5.41, 5.74) is 0.815. The minimum absolute atomic E-state index is 0.148. The molecular weight excluding hydrogens is 116 g/mol. The Labute approximate surface area is 54.5 Å². The van der Waals surface area contributed by atoms with E-state index >= 15 is 0 Å². The van der Waals surface area contributed by atoms with E-state index < -0.39 is 0 Å². The molecule has 2 nitrogen and oxygen atoms in total. The second-order valence-corrected chi connectivity index (χ2v) is 2.24. The average Bonchev–Trinajstić information content (AvgIpc) is 2.12. The van der Waals surface area contributed by atoms with Crippen LogP contribution in [0.1, 0.15) is 13.8 Å². The number of carbonyl (C=O) groups is 1. The standard InChI is InChI=1S/C7H10O2/c1-3-6-5(2)4-9-7(6)8/h3,5H,4H2,1-2H3/b6-3-/t5-/m1/s1. The molecule has 0 aromatic carbocycles. The molecule has 0 aromatic heterocycles. The van der Waals surface area contributed by atoms with Gasteiger partial charge in [0.1, 0.15) is 0 Å². The van der Waals surface area contributed by atoms with E-state index in [1.807, 2.05) is 19.9 Å². The SMILES string of the molecule is C/C=C1\C(=O)OC[C@H]1C. The molecule has 0 aromatic rings. The van der Waals surface area contributed by atoms with Crippen LogP contribution in [0.4, 0.5) is 0 Å². The van der Waals surface area contributed by atoms with Gasteiger partial charge in [0, 0.05) is 11.5 Å². The Hall–Kier alpha value is -0.790. The van der Waals surface area contributed by atoms with Crippen LogP contribution in [0.2, 0.25) is 0 Å². The number of hydrogen-bond acceptors (Lipinski definition) is 2. The first-order valence-electron chi connectivity index (χ1n) is 3.09. The summed E-state index contributed by atoms with van der Waals surface area (Å²) in [4.78, 5) is 10.7. The van der Waals surface area contributed by atoms with Crippen molar-refractivity contribution in [3.05, 3.63) is 11.6 Å². The first-order chi connectivity index (χ1) is 4.25. The van der Waals surface area contributed by atoms with Crippen LogP contribution in [-0.4, -0.2) is 12.6 Å². The molecule has 1 fully saturated rings. The van der Waals surface area contributed by atoms with Crippen LogP contribution in [0, 0.1) is 5.92 Å². The Morgan fingerprint density at radius 1 is 1.78 bits per heavy atom. The van der Waals surface area contributed by atoms with Crippen LogP contribution in [0.5, 0.6) is 0 Å². The molecule has 0 N–H and O–H groups in total. The monoisotopic (exact) mass is 126 g/mol. The predicted octanol–water partition coefficient (Wildman–Crippen LogP) is 1.13. The highest BCUT2D eigenvalue weighted by Gasteiger charge is 2.25. The Morgan fingerprint density at radius 3 is 2.67 bits per heavy atom. The van der Waals surface area contributed by atoms with Gasteiger partial charge in [-0.1, -0.05) is 13.0 Å². The van der Waals surface area contributed by atoms with E-state index in [2.05, 4.69) is 0 Å². The molecule has 0 spiro atoms. The van der Waals surface area contributed by atoms with E-state index in [0.29, 0.717) is 12.5 Å². The molecule has 50 valence electrons.